The first-order valence-corrected chi connectivity index (χ1v) is 12.5. The number of pyridine rings is 1. The highest BCUT2D eigenvalue weighted by Crippen LogP contribution is 2.34. The molecule has 33 heavy (non-hydrogen) atoms. The Morgan fingerprint density at radius 1 is 1.15 bits per heavy atom. The van der Waals surface area contributed by atoms with Gasteiger partial charge in [0.2, 0.25) is 5.91 Å². The van der Waals surface area contributed by atoms with E-state index in [9.17, 15) is 9.59 Å². The van der Waals surface area contributed by atoms with Crippen LogP contribution < -0.4 is 10.6 Å². The van der Waals surface area contributed by atoms with E-state index < -0.39 is 0 Å². The molecule has 6 nitrogen and oxygen atoms in total. The number of nitrogens with one attached hydrogen (secondary N) is 2. The average molecular weight is 467 g/mol. The molecule has 2 N–H and O–H groups in total. The molecular weight excluding hydrogens is 436 g/mol. The van der Waals surface area contributed by atoms with Crippen LogP contribution in [0, 0.1) is 5.92 Å². The second-order valence-corrected chi connectivity index (χ2v) is 10.00. The maximum absolute atomic E-state index is 13.8. The predicted molar refractivity (Wildman–Crippen MR) is 128 cm³/mol. The standard InChI is InChI=1S/C26H31ClN4O2/c27-24-8-3-17(13-30-25(32)18-4-5-18)12-20(24)16-31(21-6-7-21)26(33)23-15-29-11-9-22(23)19-2-1-10-28-14-19/h3,8-9,11-12,15,18-19,21,28H,1-2,4-7,10,13-14,16H2,(H,30,32). The van der Waals surface area contributed by atoms with Crippen molar-refractivity contribution in [1.82, 2.24) is 20.5 Å². The number of piperidine rings is 1. The second-order valence-electron chi connectivity index (χ2n) is 9.59. The van der Waals surface area contributed by atoms with Gasteiger partial charge in [0.1, 0.15) is 0 Å². The average Bonchev–Trinajstić information content (AvgIpc) is 3.76. The van der Waals surface area contributed by atoms with Gasteiger partial charge in [-0.2, -0.15) is 0 Å². The molecule has 7 heteroatoms. The normalized spacial score (nSPS) is 20.3. The molecule has 0 bridgehead atoms. The van der Waals surface area contributed by atoms with Gasteiger partial charge >= 0.3 is 0 Å². The zero-order valence-electron chi connectivity index (χ0n) is 18.9. The third-order valence-electron chi connectivity index (χ3n) is 6.94. The molecule has 1 aromatic carbocycles. The Kier molecular flexibility index (Phi) is 6.65. The molecule has 2 aromatic rings. The Morgan fingerprint density at radius 2 is 2.00 bits per heavy atom. The van der Waals surface area contributed by atoms with Crippen molar-refractivity contribution < 1.29 is 9.59 Å². The van der Waals surface area contributed by atoms with Crippen molar-refractivity contribution in [3.8, 4) is 0 Å². The van der Waals surface area contributed by atoms with E-state index in [-0.39, 0.29) is 23.8 Å². The molecule has 1 aliphatic heterocycles. The van der Waals surface area contributed by atoms with Crippen LogP contribution in [0.2, 0.25) is 5.02 Å². The van der Waals surface area contributed by atoms with E-state index in [1.165, 1.54) is 0 Å². The Balaban J connectivity index is 1.34. The lowest BCUT2D eigenvalue weighted by Crippen LogP contribution is -2.35. The van der Waals surface area contributed by atoms with Gasteiger partial charge in [-0.3, -0.25) is 14.6 Å². The largest absolute Gasteiger partial charge is 0.352 e. The van der Waals surface area contributed by atoms with E-state index in [0.29, 0.717) is 29.6 Å². The van der Waals surface area contributed by atoms with Crippen molar-refractivity contribution in [3.63, 3.8) is 0 Å². The Labute approximate surface area is 200 Å². The van der Waals surface area contributed by atoms with Crippen molar-refractivity contribution in [2.24, 2.45) is 5.92 Å². The number of carbonyl (C=O) groups is 2. The summed E-state index contributed by atoms with van der Waals surface area (Å²) in [5.74, 6) is 0.689. The molecule has 2 aliphatic carbocycles. The Morgan fingerprint density at radius 3 is 2.73 bits per heavy atom. The number of carbonyl (C=O) groups excluding carboxylic acids is 2. The topological polar surface area (TPSA) is 74.3 Å². The summed E-state index contributed by atoms with van der Waals surface area (Å²) in [5.41, 5.74) is 3.72. The van der Waals surface area contributed by atoms with Gasteiger partial charge in [0.05, 0.1) is 5.56 Å². The van der Waals surface area contributed by atoms with Gasteiger partial charge in [-0.25, -0.2) is 0 Å². The van der Waals surface area contributed by atoms with Crippen LogP contribution in [0.25, 0.3) is 0 Å². The van der Waals surface area contributed by atoms with Crippen molar-refractivity contribution in [2.45, 2.75) is 63.6 Å². The fraction of sp³-hybridized carbons (Fsp3) is 0.500. The lowest BCUT2D eigenvalue weighted by Gasteiger charge is -2.28. The zero-order chi connectivity index (χ0) is 22.8. The molecular formula is C26H31ClN4O2. The number of amides is 2. The number of hydrogen-bond donors (Lipinski definition) is 2. The van der Waals surface area contributed by atoms with E-state index >= 15 is 0 Å². The molecule has 0 spiro atoms. The van der Waals surface area contributed by atoms with Crippen LogP contribution in [0.3, 0.4) is 0 Å². The van der Waals surface area contributed by atoms with E-state index in [1.54, 1.807) is 12.4 Å². The fourth-order valence-corrected chi connectivity index (χ4v) is 4.86. The molecule has 3 fully saturated rings. The number of nitrogens with zero attached hydrogens (tertiary/aromatic N) is 2. The predicted octanol–water partition coefficient (Wildman–Crippen LogP) is 4.03. The van der Waals surface area contributed by atoms with E-state index in [4.69, 9.17) is 11.6 Å². The summed E-state index contributed by atoms with van der Waals surface area (Å²) in [4.78, 5) is 32.0. The van der Waals surface area contributed by atoms with Crippen LogP contribution in [0.15, 0.2) is 36.7 Å². The first-order chi connectivity index (χ1) is 16.1. The maximum atomic E-state index is 13.8. The summed E-state index contributed by atoms with van der Waals surface area (Å²) in [6.07, 6.45) is 9.73. The SMILES string of the molecule is O=C(NCc1ccc(Cl)c(CN(C(=O)c2cnccc2C2CCCNC2)C2CC2)c1)C1CC1. The molecule has 1 saturated heterocycles. The quantitative estimate of drug-likeness (QED) is 0.616. The van der Waals surface area contributed by atoms with Crippen LogP contribution in [-0.2, 0) is 17.9 Å². The van der Waals surface area contributed by atoms with Gasteiger partial charge in [0, 0.05) is 49.0 Å². The zero-order valence-corrected chi connectivity index (χ0v) is 19.6. The number of benzene rings is 1. The maximum Gasteiger partial charge on any atom is 0.256 e. The highest BCUT2D eigenvalue weighted by Gasteiger charge is 2.35. The van der Waals surface area contributed by atoms with Crippen LogP contribution in [0.4, 0.5) is 0 Å². The van der Waals surface area contributed by atoms with E-state index in [1.807, 2.05) is 29.2 Å². The van der Waals surface area contributed by atoms with Crippen molar-refractivity contribution >= 4 is 23.4 Å². The van der Waals surface area contributed by atoms with Crippen LogP contribution in [0.1, 0.15) is 71.5 Å². The van der Waals surface area contributed by atoms with Gasteiger partial charge in [0.25, 0.3) is 5.91 Å². The number of rotatable bonds is 8. The third kappa shape index (κ3) is 5.39. The second kappa shape index (κ2) is 9.82. The summed E-state index contributed by atoms with van der Waals surface area (Å²) in [7, 11) is 0. The van der Waals surface area contributed by atoms with Gasteiger partial charge in [-0.1, -0.05) is 23.7 Å². The van der Waals surface area contributed by atoms with Gasteiger partial charge in [-0.15, -0.1) is 0 Å². The molecule has 1 aromatic heterocycles. The van der Waals surface area contributed by atoms with E-state index in [2.05, 4.69) is 15.6 Å². The van der Waals surface area contributed by atoms with E-state index in [0.717, 1.165) is 68.3 Å². The minimum Gasteiger partial charge on any atom is -0.352 e. The van der Waals surface area contributed by atoms with Crippen LogP contribution >= 0.6 is 11.6 Å². The molecule has 1 unspecified atom stereocenters. The Bertz CT molecular complexity index is 1030. The molecule has 2 saturated carbocycles. The molecule has 2 amide bonds. The highest BCUT2D eigenvalue weighted by molar-refractivity contribution is 6.31. The summed E-state index contributed by atoms with van der Waals surface area (Å²) in [5, 5.41) is 7.11. The summed E-state index contributed by atoms with van der Waals surface area (Å²) >= 11 is 6.55. The molecule has 2 heterocycles. The van der Waals surface area contributed by atoms with Crippen LogP contribution in [-0.4, -0.2) is 40.8 Å². The lowest BCUT2D eigenvalue weighted by atomic mass is 9.89. The fourth-order valence-electron chi connectivity index (χ4n) is 4.69. The number of halogens is 1. The minimum absolute atomic E-state index is 0.0367. The van der Waals surface area contributed by atoms with Crippen molar-refractivity contribution in [1.29, 1.82) is 0 Å². The van der Waals surface area contributed by atoms with Crippen molar-refractivity contribution in [3.05, 3.63) is 63.9 Å². The van der Waals surface area contributed by atoms with Crippen molar-refractivity contribution in [2.75, 3.05) is 13.1 Å². The first-order valence-electron chi connectivity index (χ1n) is 12.1. The van der Waals surface area contributed by atoms with Gasteiger partial charge in [-0.05, 0) is 79.8 Å². The first kappa shape index (κ1) is 22.4. The minimum atomic E-state index is 0.0367. The molecule has 5 rings (SSSR count). The smallest absolute Gasteiger partial charge is 0.256 e. The molecule has 174 valence electrons. The van der Waals surface area contributed by atoms with Crippen LogP contribution in [0.5, 0.6) is 0 Å². The molecule has 1 atom stereocenters. The molecule has 3 aliphatic rings. The van der Waals surface area contributed by atoms with Gasteiger partial charge < -0.3 is 15.5 Å². The molecule has 0 radical (unpaired) electrons. The summed E-state index contributed by atoms with van der Waals surface area (Å²) in [6.45, 7) is 2.88. The monoisotopic (exact) mass is 466 g/mol. The number of aromatic nitrogens is 1. The highest BCUT2D eigenvalue weighted by atomic mass is 35.5. The number of hydrogen-bond acceptors (Lipinski definition) is 4. The summed E-state index contributed by atoms with van der Waals surface area (Å²) in [6, 6.07) is 8.08. The lowest BCUT2D eigenvalue weighted by molar-refractivity contribution is -0.122. The third-order valence-corrected chi connectivity index (χ3v) is 7.30. The van der Waals surface area contributed by atoms with Gasteiger partial charge in [0.15, 0.2) is 0 Å². The summed E-state index contributed by atoms with van der Waals surface area (Å²) < 4.78 is 0. The Hall–Kier alpha value is -2.44.